The van der Waals surface area contributed by atoms with Gasteiger partial charge in [-0.25, -0.2) is 4.98 Å². The van der Waals surface area contributed by atoms with Crippen molar-refractivity contribution in [1.82, 2.24) is 9.88 Å². The first-order valence-corrected chi connectivity index (χ1v) is 12.2. The molecule has 2 fully saturated rings. The first-order chi connectivity index (χ1) is 16.7. The molecule has 1 atom stereocenters. The zero-order valence-corrected chi connectivity index (χ0v) is 19.6. The number of furan rings is 1. The molecule has 6 nitrogen and oxygen atoms in total. The van der Waals surface area contributed by atoms with E-state index in [1.165, 1.54) is 31.8 Å². The van der Waals surface area contributed by atoms with E-state index in [1.54, 1.807) is 6.07 Å². The topological polar surface area (TPSA) is 73.4 Å². The maximum absolute atomic E-state index is 12.9. The Labute approximate surface area is 200 Å². The van der Waals surface area contributed by atoms with E-state index < -0.39 is 0 Å². The van der Waals surface area contributed by atoms with Crippen LogP contribution in [0.2, 0.25) is 0 Å². The van der Waals surface area contributed by atoms with Crippen molar-refractivity contribution in [3.8, 4) is 17.2 Å². The third-order valence-electron chi connectivity index (χ3n) is 7.20. The normalized spacial score (nSPS) is 19.1. The number of aromatic nitrogens is 1. The molecule has 0 radical (unpaired) electrons. The number of benzene rings is 1. The Kier molecular flexibility index (Phi) is 6.35. The van der Waals surface area contributed by atoms with E-state index in [-0.39, 0.29) is 11.9 Å². The summed E-state index contributed by atoms with van der Waals surface area (Å²) in [7, 11) is 0. The predicted octanol–water partition coefficient (Wildman–Crippen LogP) is 5.61. The van der Waals surface area contributed by atoms with Crippen molar-refractivity contribution in [3.63, 3.8) is 0 Å². The second-order valence-corrected chi connectivity index (χ2v) is 9.41. The number of carbonyl (C=O) groups excluding carboxylic acids is 1. The molecule has 1 amide bonds. The maximum Gasteiger partial charge on any atom is 0.257 e. The van der Waals surface area contributed by atoms with Gasteiger partial charge in [-0.2, -0.15) is 5.26 Å². The van der Waals surface area contributed by atoms with Crippen molar-refractivity contribution in [2.75, 3.05) is 24.5 Å². The highest BCUT2D eigenvalue weighted by Gasteiger charge is 2.31. The largest absolute Gasteiger partial charge is 0.472 e. The molecule has 6 heteroatoms. The van der Waals surface area contributed by atoms with E-state index in [4.69, 9.17) is 9.40 Å². The van der Waals surface area contributed by atoms with Crippen LogP contribution >= 0.6 is 0 Å². The van der Waals surface area contributed by atoms with Crippen LogP contribution < -0.4 is 4.90 Å². The van der Waals surface area contributed by atoms with Crippen molar-refractivity contribution in [2.45, 2.75) is 51.0 Å². The van der Waals surface area contributed by atoms with E-state index in [9.17, 15) is 10.1 Å². The molecule has 1 aromatic carbocycles. The van der Waals surface area contributed by atoms with Gasteiger partial charge in [0, 0.05) is 42.9 Å². The number of piperazine rings is 1. The highest BCUT2D eigenvalue weighted by atomic mass is 16.3. The minimum Gasteiger partial charge on any atom is -0.472 e. The molecule has 1 aliphatic heterocycles. The summed E-state index contributed by atoms with van der Waals surface area (Å²) in [5, 5.41) is 10.2. The van der Waals surface area contributed by atoms with Crippen LogP contribution in [0.25, 0.3) is 11.1 Å². The second kappa shape index (κ2) is 9.72. The summed E-state index contributed by atoms with van der Waals surface area (Å²) in [6, 6.07) is 16.5. The van der Waals surface area contributed by atoms with Gasteiger partial charge in [0.2, 0.25) is 0 Å². The number of pyridine rings is 1. The molecule has 3 aromatic rings. The Morgan fingerprint density at radius 2 is 1.91 bits per heavy atom. The third-order valence-corrected chi connectivity index (χ3v) is 7.20. The van der Waals surface area contributed by atoms with Gasteiger partial charge in [0.25, 0.3) is 5.91 Å². The molecule has 1 saturated heterocycles. The number of rotatable bonds is 4. The standard InChI is InChI=1S/C28H30N4O2/c1-20-18-31(13-14-32(20)28(33)23-12-15-34-19-23)27-25(17-29)24(21-8-4-2-5-9-21)16-26(30-27)22-10-6-3-7-11-22/h2,4-5,8-9,12,15-16,19-20,22H,3,6-7,10-11,13-14,18H2,1H3. The first-order valence-electron chi connectivity index (χ1n) is 12.2. The zero-order chi connectivity index (χ0) is 23.5. The summed E-state index contributed by atoms with van der Waals surface area (Å²) in [5.41, 5.74) is 4.28. The highest BCUT2D eigenvalue weighted by Crippen LogP contribution is 2.38. The van der Waals surface area contributed by atoms with Gasteiger partial charge in [-0.3, -0.25) is 4.79 Å². The van der Waals surface area contributed by atoms with Crippen molar-refractivity contribution in [3.05, 3.63) is 71.8 Å². The van der Waals surface area contributed by atoms with Crippen LogP contribution in [-0.4, -0.2) is 41.5 Å². The van der Waals surface area contributed by atoms with Crippen LogP contribution in [0.5, 0.6) is 0 Å². The smallest absolute Gasteiger partial charge is 0.257 e. The Morgan fingerprint density at radius 1 is 1.12 bits per heavy atom. The molecular weight excluding hydrogens is 424 g/mol. The zero-order valence-electron chi connectivity index (χ0n) is 19.6. The van der Waals surface area contributed by atoms with Gasteiger partial charge in [-0.1, -0.05) is 49.6 Å². The van der Waals surface area contributed by atoms with Gasteiger partial charge in [0.15, 0.2) is 0 Å². The minimum atomic E-state index is -0.0182. The van der Waals surface area contributed by atoms with Gasteiger partial charge in [0.1, 0.15) is 23.7 Å². The number of anilines is 1. The summed E-state index contributed by atoms with van der Waals surface area (Å²) in [5.74, 6) is 1.17. The van der Waals surface area contributed by atoms with Crippen molar-refractivity contribution < 1.29 is 9.21 Å². The Hall–Kier alpha value is -3.59. The van der Waals surface area contributed by atoms with Crippen LogP contribution in [0.4, 0.5) is 5.82 Å². The Bertz CT molecular complexity index is 1180. The van der Waals surface area contributed by atoms with Crippen molar-refractivity contribution in [2.24, 2.45) is 0 Å². The number of hydrogen-bond donors (Lipinski definition) is 0. The molecule has 1 unspecified atom stereocenters. The summed E-state index contributed by atoms with van der Waals surface area (Å²) in [4.78, 5) is 22.1. The fourth-order valence-corrected chi connectivity index (χ4v) is 5.35. The SMILES string of the molecule is CC1CN(c2nc(C3CCCCC3)cc(-c3ccccc3)c2C#N)CCN1C(=O)c1ccoc1. The van der Waals surface area contributed by atoms with Crippen LogP contribution in [0.15, 0.2) is 59.4 Å². The monoisotopic (exact) mass is 454 g/mol. The molecule has 2 aromatic heterocycles. The van der Waals surface area contributed by atoms with E-state index in [2.05, 4.69) is 36.1 Å². The van der Waals surface area contributed by atoms with Gasteiger partial charge >= 0.3 is 0 Å². The molecule has 34 heavy (non-hydrogen) atoms. The number of nitrogens with zero attached hydrogens (tertiary/aromatic N) is 4. The first kappa shape index (κ1) is 22.2. The van der Waals surface area contributed by atoms with Gasteiger partial charge < -0.3 is 14.2 Å². The number of carbonyl (C=O) groups is 1. The Balaban J connectivity index is 1.50. The quantitative estimate of drug-likeness (QED) is 0.512. The van der Waals surface area contributed by atoms with Crippen molar-refractivity contribution in [1.29, 1.82) is 5.26 Å². The van der Waals surface area contributed by atoms with Gasteiger partial charge in [-0.15, -0.1) is 0 Å². The molecule has 5 rings (SSSR count). The molecule has 1 aliphatic carbocycles. The fraction of sp³-hybridized carbons (Fsp3) is 0.393. The van der Waals surface area contributed by atoms with Crippen LogP contribution in [0, 0.1) is 11.3 Å². The number of amides is 1. The summed E-state index contributed by atoms with van der Waals surface area (Å²) < 4.78 is 5.10. The van der Waals surface area contributed by atoms with E-state index in [0.717, 1.165) is 35.5 Å². The lowest BCUT2D eigenvalue weighted by atomic mass is 9.85. The average molecular weight is 455 g/mol. The fourth-order valence-electron chi connectivity index (χ4n) is 5.35. The van der Waals surface area contributed by atoms with Gasteiger partial charge in [-0.05, 0) is 37.5 Å². The van der Waals surface area contributed by atoms with Crippen LogP contribution in [0.1, 0.15) is 66.6 Å². The lowest BCUT2D eigenvalue weighted by Crippen LogP contribution is -2.54. The molecule has 0 N–H and O–H groups in total. The summed E-state index contributed by atoms with van der Waals surface area (Å²) in [6.45, 7) is 3.90. The van der Waals surface area contributed by atoms with E-state index in [0.29, 0.717) is 36.7 Å². The number of nitriles is 1. The van der Waals surface area contributed by atoms with Crippen LogP contribution in [-0.2, 0) is 0 Å². The summed E-state index contributed by atoms with van der Waals surface area (Å²) in [6.07, 6.45) is 9.07. The lowest BCUT2D eigenvalue weighted by molar-refractivity contribution is 0.0673. The molecule has 2 aliphatic rings. The van der Waals surface area contributed by atoms with Gasteiger partial charge in [0.05, 0.1) is 11.8 Å². The molecule has 3 heterocycles. The molecule has 174 valence electrons. The number of hydrogen-bond acceptors (Lipinski definition) is 5. The lowest BCUT2D eigenvalue weighted by Gasteiger charge is -2.41. The van der Waals surface area contributed by atoms with Crippen LogP contribution in [0.3, 0.4) is 0 Å². The minimum absolute atomic E-state index is 0.0111. The third kappa shape index (κ3) is 4.31. The molecule has 0 spiro atoms. The maximum atomic E-state index is 12.9. The second-order valence-electron chi connectivity index (χ2n) is 9.41. The van der Waals surface area contributed by atoms with Crippen molar-refractivity contribution >= 4 is 11.7 Å². The molecular formula is C28H30N4O2. The summed E-state index contributed by atoms with van der Waals surface area (Å²) >= 11 is 0. The predicted molar refractivity (Wildman–Crippen MR) is 132 cm³/mol. The van der Waals surface area contributed by atoms with E-state index >= 15 is 0 Å². The molecule has 0 bridgehead atoms. The van der Waals surface area contributed by atoms with E-state index in [1.807, 2.05) is 23.1 Å². The average Bonchev–Trinajstić information content (AvgIpc) is 3.44. The highest BCUT2D eigenvalue weighted by molar-refractivity contribution is 5.94. The molecule has 1 saturated carbocycles. The Morgan fingerprint density at radius 3 is 2.59 bits per heavy atom.